The Morgan fingerprint density at radius 2 is 2.29 bits per heavy atom. The van der Waals surface area contributed by atoms with Crippen LogP contribution in [0, 0.1) is 5.41 Å². The summed E-state index contributed by atoms with van der Waals surface area (Å²) >= 11 is 3.42. The van der Waals surface area contributed by atoms with Crippen LogP contribution in [0.15, 0.2) is 22.9 Å². The molecule has 1 saturated carbocycles. The fraction of sp³-hybridized carbons (Fsp3) is 0.545. The summed E-state index contributed by atoms with van der Waals surface area (Å²) < 4.78 is 1.05. The number of hydrogen-bond donors (Lipinski definition) is 1. The minimum Gasteiger partial charge on any atom is -0.309 e. The summed E-state index contributed by atoms with van der Waals surface area (Å²) in [7, 11) is 0. The van der Waals surface area contributed by atoms with Crippen molar-refractivity contribution in [3.8, 4) is 0 Å². The summed E-state index contributed by atoms with van der Waals surface area (Å²) in [4.78, 5) is 4.13. The van der Waals surface area contributed by atoms with Gasteiger partial charge in [-0.2, -0.15) is 0 Å². The topological polar surface area (TPSA) is 24.9 Å². The number of aromatic nitrogens is 1. The van der Waals surface area contributed by atoms with Crippen LogP contribution in [-0.2, 0) is 6.54 Å². The van der Waals surface area contributed by atoms with Gasteiger partial charge in [-0.15, -0.1) is 0 Å². The van der Waals surface area contributed by atoms with Gasteiger partial charge in [0.2, 0.25) is 0 Å². The van der Waals surface area contributed by atoms with Crippen LogP contribution >= 0.6 is 15.9 Å². The zero-order valence-electron chi connectivity index (χ0n) is 8.55. The predicted molar refractivity (Wildman–Crippen MR) is 61.0 cm³/mol. The molecule has 0 bridgehead atoms. The van der Waals surface area contributed by atoms with Gasteiger partial charge in [-0.25, -0.2) is 0 Å². The first-order valence-corrected chi connectivity index (χ1v) is 5.70. The van der Waals surface area contributed by atoms with E-state index in [-0.39, 0.29) is 0 Å². The molecule has 14 heavy (non-hydrogen) atoms. The minimum atomic E-state index is 0.499. The summed E-state index contributed by atoms with van der Waals surface area (Å²) in [5, 5.41) is 3.53. The van der Waals surface area contributed by atoms with Crippen LogP contribution in [0.5, 0.6) is 0 Å². The molecule has 1 fully saturated rings. The fourth-order valence-electron chi connectivity index (χ4n) is 1.61. The zero-order chi connectivity index (χ0) is 10.2. The van der Waals surface area contributed by atoms with E-state index in [9.17, 15) is 0 Å². The average Bonchev–Trinajstić information content (AvgIpc) is 2.71. The van der Waals surface area contributed by atoms with Crippen LogP contribution in [0.25, 0.3) is 0 Å². The van der Waals surface area contributed by atoms with E-state index >= 15 is 0 Å². The first kappa shape index (κ1) is 10.1. The van der Waals surface area contributed by atoms with E-state index in [1.807, 2.05) is 12.4 Å². The summed E-state index contributed by atoms with van der Waals surface area (Å²) in [5.41, 5.74) is 1.74. The summed E-state index contributed by atoms with van der Waals surface area (Å²) in [5.74, 6) is 0. The van der Waals surface area contributed by atoms with E-state index in [0.29, 0.717) is 11.5 Å². The highest BCUT2D eigenvalue weighted by Gasteiger charge is 2.44. The van der Waals surface area contributed by atoms with Gasteiger partial charge in [-0.05, 0) is 39.4 Å². The van der Waals surface area contributed by atoms with Gasteiger partial charge in [-0.3, -0.25) is 4.98 Å². The molecule has 76 valence electrons. The number of rotatable bonds is 3. The van der Waals surface area contributed by atoms with E-state index < -0.39 is 0 Å². The second kappa shape index (κ2) is 3.63. The Hall–Kier alpha value is -0.410. The Balaban J connectivity index is 1.87. The highest BCUT2D eigenvalue weighted by atomic mass is 79.9. The lowest BCUT2D eigenvalue weighted by Gasteiger charge is -2.06. The molecule has 1 heterocycles. The molecule has 1 N–H and O–H groups in total. The number of halogens is 1. The van der Waals surface area contributed by atoms with Crippen molar-refractivity contribution >= 4 is 15.9 Å². The fourth-order valence-corrected chi connectivity index (χ4v) is 2.02. The predicted octanol–water partition coefficient (Wildman–Crippen LogP) is 2.73. The van der Waals surface area contributed by atoms with Gasteiger partial charge >= 0.3 is 0 Å². The molecule has 0 aliphatic heterocycles. The largest absolute Gasteiger partial charge is 0.309 e. The lowest BCUT2D eigenvalue weighted by atomic mass is 10.2. The highest BCUT2D eigenvalue weighted by molar-refractivity contribution is 9.10. The van der Waals surface area contributed by atoms with Crippen molar-refractivity contribution in [2.75, 3.05) is 0 Å². The van der Waals surface area contributed by atoms with Gasteiger partial charge in [0, 0.05) is 29.5 Å². The molecule has 1 aromatic rings. The SMILES string of the molecule is CC1(C)CC1NCc1cncc(Br)c1. The molecule has 1 aliphatic rings. The third-order valence-corrected chi connectivity index (χ3v) is 3.26. The monoisotopic (exact) mass is 254 g/mol. The normalized spacial score (nSPS) is 23.5. The molecule has 0 spiro atoms. The van der Waals surface area contributed by atoms with Gasteiger partial charge in [0.1, 0.15) is 0 Å². The summed E-state index contributed by atoms with van der Waals surface area (Å²) in [6.07, 6.45) is 5.01. The van der Waals surface area contributed by atoms with Gasteiger partial charge in [0.15, 0.2) is 0 Å². The maximum Gasteiger partial charge on any atom is 0.0410 e. The van der Waals surface area contributed by atoms with E-state index in [0.717, 1.165) is 11.0 Å². The van der Waals surface area contributed by atoms with E-state index in [1.165, 1.54) is 12.0 Å². The Kier molecular flexibility index (Phi) is 2.62. The lowest BCUT2D eigenvalue weighted by Crippen LogP contribution is -2.19. The summed E-state index contributed by atoms with van der Waals surface area (Å²) in [6.45, 7) is 5.51. The van der Waals surface area contributed by atoms with Crippen LogP contribution in [0.2, 0.25) is 0 Å². The van der Waals surface area contributed by atoms with Gasteiger partial charge in [0.25, 0.3) is 0 Å². The van der Waals surface area contributed by atoms with Crippen LogP contribution in [-0.4, -0.2) is 11.0 Å². The van der Waals surface area contributed by atoms with E-state index in [2.05, 4.69) is 46.1 Å². The standard InChI is InChI=1S/C11H15BrN2/c1-11(2)4-10(11)14-6-8-3-9(12)7-13-5-8/h3,5,7,10,14H,4,6H2,1-2H3. The van der Waals surface area contributed by atoms with Crippen LogP contribution in [0.3, 0.4) is 0 Å². The van der Waals surface area contributed by atoms with Crippen LogP contribution in [0.4, 0.5) is 0 Å². The smallest absolute Gasteiger partial charge is 0.0410 e. The number of pyridine rings is 1. The molecule has 0 amide bonds. The van der Waals surface area contributed by atoms with Gasteiger partial charge < -0.3 is 5.32 Å². The summed E-state index contributed by atoms with van der Waals surface area (Å²) in [6, 6.07) is 2.79. The first-order valence-electron chi connectivity index (χ1n) is 4.91. The Labute approximate surface area is 93.3 Å². The quantitative estimate of drug-likeness (QED) is 0.898. The third kappa shape index (κ3) is 2.34. The molecular weight excluding hydrogens is 240 g/mol. The van der Waals surface area contributed by atoms with Gasteiger partial charge in [-0.1, -0.05) is 13.8 Å². The van der Waals surface area contributed by atoms with Crippen molar-refractivity contribution in [2.24, 2.45) is 5.41 Å². The zero-order valence-corrected chi connectivity index (χ0v) is 10.1. The van der Waals surface area contributed by atoms with Crippen molar-refractivity contribution in [3.05, 3.63) is 28.5 Å². The van der Waals surface area contributed by atoms with E-state index in [4.69, 9.17) is 0 Å². The second-order valence-electron chi connectivity index (χ2n) is 4.64. The molecule has 0 saturated heterocycles. The average molecular weight is 255 g/mol. The molecule has 1 atom stereocenters. The Morgan fingerprint density at radius 1 is 1.57 bits per heavy atom. The highest BCUT2D eigenvalue weighted by Crippen LogP contribution is 2.44. The number of nitrogens with zero attached hydrogens (tertiary/aromatic N) is 1. The van der Waals surface area contributed by atoms with Crippen LogP contribution < -0.4 is 5.32 Å². The molecule has 0 radical (unpaired) electrons. The second-order valence-corrected chi connectivity index (χ2v) is 5.55. The Morgan fingerprint density at radius 3 is 2.86 bits per heavy atom. The van der Waals surface area contributed by atoms with Crippen LogP contribution in [0.1, 0.15) is 25.8 Å². The number of nitrogens with one attached hydrogen (secondary N) is 1. The Bertz CT molecular complexity index is 336. The molecule has 0 aromatic carbocycles. The maximum absolute atomic E-state index is 4.13. The maximum atomic E-state index is 4.13. The molecule has 1 aromatic heterocycles. The molecule has 1 aliphatic carbocycles. The van der Waals surface area contributed by atoms with E-state index in [1.54, 1.807) is 0 Å². The van der Waals surface area contributed by atoms with Crippen molar-refractivity contribution in [1.82, 2.24) is 10.3 Å². The third-order valence-electron chi connectivity index (χ3n) is 2.83. The lowest BCUT2D eigenvalue weighted by molar-refractivity contribution is 0.541. The van der Waals surface area contributed by atoms with Crippen molar-refractivity contribution in [2.45, 2.75) is 32.9 Å². The van der Waals surface area contributed by atoms with Crippen molar-refractivity contribution in [1.29, 1.82) is 0 Å². The number of hydrogen-bond acceptors (Lipinski definition) is 2. The molecule has 2 rings (SSSR count). The van der Waals surface area contributed by atoms with Gasteiger partial charge in [0.05, 0.1) is 0 Å². The molecule has 2 nitrogen and oxygen atoms in total. The van der Waals surface area contributed by atoms with Crippen molar-refractivity contribution < 1.29 is 0 Å². The molecule has 3 heteroatoms. The molecule has 1 unspecified atom stereocenters. The minimum absolute atomic E-state index is 0.499. The molecular formula is C11H15BrN2. The first-order chi connectivity index (χ1) is 6.58. The van der Waals surface area contributed by atoms with Crippen molar-refractivity contribution in [3.63, 3.8) is 0 Å².